The number of rotatable bonds is 8. The number of aryl methyl sites for hydroxylation is 1. The molecule has 1 aliphatic carbocycles. The van der Waals surface area contributed by atoms with Crippen molar-refractivity contribution in [1.29, 1.82) is 0 Å². The first-order chi connectivity index (χ1) is 18.2. The van der Waals surface area contributed by atoms with Gasteiger partial charge in [0.05, 0.1) is 17.2 Å². The minimum absolute atomic E-state index is 0.0601. The molecular weight excluding hydrogens is 533 g/mol. The van der Waals surface area contributed by atoms with Crippen molar-refractivity contribution < 1.29 is 45.4 Å². The highest BCUT2D eigenvalue weighted by molar-refractivity contribution is 6.06. The quantitative estimate of drug-likeness (QED) is 0.265. The molecule has 1 amide bonds. The average molecular weight is 556 g/mol. The highest BCUT2D eigenvalue weighted by atomic mass is 19.4. The Bertz CT molecular complexity index is 1400. The molecule has 12 heteroatoms. The van der Waals surface area contributed by atoms with Gasteiger partial charge >= 0.3 is 6.18 Å². The standard InChI is InChI=1S/C27H23F7N2O3/c1-13-8-15(28)4-7-22(13)39-23-11-17(14-2-3-14)20(27(32,33)34)10-19(23)25(38)36-16-5-6-21(29)18(9-16)24(35)26(30,31)12-37/h4-11,14,24,37H,2-3,12,35H2,1H3,(H,36,38). The topological polar surface area (TPSA) is 84.6 Å². The van der Waals surface area contributed by atoms with Crippen LogP contribution in [-0.2, 0) is 6.18 Å². The van der Waals surface area contributed by atoms with Crippen molar-refractivity contribution in [2.45, 2.75) is 43.8 Å². The summed E-state index contributed by atoms with van der Waals surface area (Å²) in [6.45, 7) is -0.156. The van der Waals surface area contributed by atoms with Gasteiger partial charge < -0.3 is 20.9 Å². The number of ether oxygens (including phenoxy) is 1. The van der Waals surface area contributed by atoms with Gasteiger partial charge in [-0.2, -0.15) is 13.2 Å². The van der Waals surface area contributed by atoms with Crippen LogP contribution in [0.3, 0.4) is 0 Å². The number of anilines is 1. The van der Waals surface area contributed by atoms with Gasteiger partial charge in [-0.15, -0.1) is 0 Å². The second-order valence-corrected chi connectivity index (χ2v) is 9.31. The van der Waals surface area contributed by atoms with Gasteiger partial charge in [0, 0.05) is 11.3 Å². The number of benzene rings is 3. The van der Waals surface area contributed by atoms with E-state index in [1.807, 2.05) is 0 Å². The van der Waals surface area contributed by atoms with Gasteiger partial charge in [0.1, 0.15) is 29.7 Å². The molecule has 4 N–H and O–H groups in total. The number of amides is 1. The Morgan fingerprint density at radius 3 is 2.33 bits per heavy atom. The number of alkyl halides is 5. The summed E-state index contributed by atoms with van der Waals surface area (Å²) in [6, 6.07) is 5.52. The fourth-order valence-corrected chi connectivity index (χ4v) is 4.06. The number of hydrogen-bond acceptors (Lipinski definition) is 4. The third-order valence-corrected chi connectivity index (χ3v) is 6.33. The van der Waals surface area contributed by atoms with E-state index in [2.05, 4.69) is 5.32 Å². The van der Waals surface area contributed by atoms with Crippen LogP contribution >= 0.6 is 0 Å². The van der Waals surface area contributed by atoms with Gasteiger partial charge in [0.15, 0.2) is 0 Å². The second-order valence-electron chi connectivity index (χ2n) is 9.31. The molecule has 0 heterocycles. The molecule has 1 aliphatic rings. The molecule has 0 saturated heterocycles. The molecular formula is C27H23F7N2O3. The molecule has 0 radical (unpaired) electrons. The fourth-order valence-electron chi connectivity index (χ4n) is 4.06. The van der Waals surface area contributed by atoms with Crippen molar-refractivity contribution >= 4 is 11.6 Å². The normalized spacial score (nSPS) is 14.7. The van der Waals surface area contributed by atoms with Gasteiger partial charge in [-0.25, -0.2) is 17.6 Å². The van der Waals surface area contributed by atoms with Crippen molar-refractivity contribution in [1.82, 2.24) is 0 Å². The van der Waals surface area contributed by atoms with Gasteiger partial charge in [-0.3, -0.25) is 4.79 Å². The third kappa shape index (κ3) is 6.17. The summed E-state index contributed by atoms with van der Waals surface area (Å²) in [7, 11) is 0. The Kier molecular flexibility index (Phi) is 7.63. The molecule has 0 aliphatic heterocycles. The van der Waals surface area contributed by atoms with Crippen LogP contribution in [0.15, 0.2) is 48.5 Å². The number of hydrogen-bond donors (Lipinski definition) is 3. The van der Waals surface area contributed by atoms with Crippen molar-refractivity contribution in [2.75, 3.05) is 11.9 Å². The Hall–Kier alpha value is -3.64. The Morgan fingerprint density at radius 2 is 1.74 bits per heavy atom. The van der Waals surface area contributed by atoms with E-state index in [4.69, 9.17) is 15.6 Å². The second kappa shape index (κ2) is 10.5. The van der Waals surface area contributed by atoms with Gasteiger partial charge in [-0.1, -0.05) is 0 Å². The molecule has 3 aromatic carbocycles. The van der Waals surface area contributed by atoms with E-state index in [1.54, 1.807) is 0 Å². The monoisotopic (exact) mass is 556 g/mol. The highest BCUT2D eigenvalue weighted by Crippen LogP contribution is 2.48. The lowest BCUT2D eigenvalue weighted by Gasteiger charge is -2.23. The van der Waals surface area contributed by atoms with E-state index < -0.39 is 59.0 Å². The van der Waals surface area contributed by atoms with E-state index in [-0.39, 0.29) is 28.7 Å². The van der Waals surface area contributed by atoms with Crippen molar-refractivity contribution in [2.24, 2.45) is 5.73 Å². The van der Waals surface area contributed by atoms with E-state index in [0.29, 0.717) is 24.5 Å². The number of nitrogens with one attached hydrogen (secondary N) is 1. The van der Waals surface area contributed by atoms with E-state index >= 15 is 0 Å². The largest absolute Gasteiger partial charge is 0.456 e. The molecule has 0 spiro atoms. The number of carbonyl (C=O) groups excluding carboxylic acids is 1. The van der Waals surface area contributed by atoms with E-state index in [9.17, 15) is 35.5 Å². The molecule has 208 valence electrons. The zero-order chi connectivity index (χ0) is 28.7. The molecule has 0 aromatic heterocycles. The predicted octanol–water partition coefficient (Wildman–Crippen LogP) is 6.84. The molecule has 1 atom stereocenters. The summed E-state index contributed by atoms with van der Waals surface area (Å²) >= 11 is 0. The number of aliphatic hydroxyl groups excluding tert-OH is 1. The SMILES string of the molecule is Cc1cc(F)ccc1Oc1cc(C2CC2)c(C(F)(F)F)cc1C(=O)Nc1ccc(F)c(C(N)C(F)(F)CO)c1. The molecule has 1 unspecified atom stereocenters. The van der Waals surface area contributed by atoms with Crippen molar-refractivity contribution in [3.63, 3.8) is 0 Å². The van der Waals surface area contributed by atoms with Crippen LogP contribution in [0, 0.1) is 18.6 Å². The summed E-state index contributed by atoms with van der Waals surface area (Å²) < 4.78 is 103. The highest BCUT2D eigenvalue weighted by Gasteiger charge is 2.41. The van der Waals surface area contributed by atoms with E-state index in [0.717, 1.165) is 36.4 Å². The first kappa shape index (κ1) is 28.4. The first-order valence-corrected chi connectivity index (χ1v) is 11.8. The smallest absolute Gasteiger partial charge is 0.416 e. The average Bonchev–Trinajstić information content (AvgIpc) is 3.71. The van der Waals surface area contributed by atoms with Crippen molar-refractivity contribution in [3.05, 3.63) is 88.0 Å². The molecule has 39 heavy (non-hydrogen) atoms. The van der Waals surface area contributed by atoms with E-state index in [1.165, 1.54) is 13.0 Å². The number of carbonyl (C=O) groups is 1. The maximum atomic E-state index is 14.3. The van der Waals surface area contributed by atoms with Gasteiger partial charge in [-0.05, 0) is 85.3 Å². The summed E-state index contributed by atoms with van der Waals surface area (Å²) in [4.78, 5) is 13.2. The van der Waals surface area contributed by atoms with Gasteiger partial charge in [0.25, 0.3) is 11.8 Å². The zero-order valence-corrected chi connectivity index (χ0v) is 20.4. The Balaban J connectivity index is 1.76. The lowest BCUT2D eigenvalue weighted by Crippen LogP contribution is -2.36. The zero-order valence-electron chi connectivity index (χ0n) is 20.4. The molecule has 0 bridgehead atoms. The van der Waals surface area contributed by atoms with Crippen LogP contribution in [0.4, 0.5) is 36.4 Å². The number of aliphatic hydroxyl groups is 1. The minimum atomic E-state index is -4.80. The molecule has 5 nitrogen and oxygen atoms in total. The Morgan fingerprint density at radius 1 is 1.05 bits per heavy atom. The van der Waals surface area contributed by atoms with Crippen LogP contribution in [0.1, 0.15) is 57.4 Å². The maximum Gasteiger partial charge on any atom is 0.416 e. The minimum Gasteiger partial charge on any atom is -0.456 e. The van der Waals surface area contributed by atoms with Crippen LogP contribution in [-0.4, -0.2) is 23.5 Å². The van der Waals surface area contributed by atoms with Crippen LogP contribution in [0.2, 0.25) is 0 Å². The first-order valence-electron chi connectivity index (χ1n) is 11.8. The fraction of sp³-hybridized carbons (Fsp3) is 0.296. The lowest BCUT2D eigenvalue weighted by atomic mass is 9.98. The molecule has 1 saturated carbocycles. The van der Waals surface area contributed by atoms with Gasteiger partial charge in [0.2, 0.25) is 0 Å². The van der Waals surface area contributed by atoms with Crippen LogP contribution in [0.25, 0.3) is 0 Å². The number of halogens is 7. The summed E-state index contributed by atoms with van der Waals surface area (Å²) in [5, 5.41) is 11.1. The predicted molar refractivity (Wildman–Crippen MR) is 128 cm³/mol. The number of nitrogens with two attached hydrogens (primary N) is 1. The summed E-state index contributed by atoms with van der Waals surface area (Å²) in [6.07, 6.45) is -3.77. The van der Waals surface area contributed by atoms with Crippen molar-refractivity contribution in [3.8, 4) is 11.5 Å². The molecule has 3 aromatic rings. The lowest BCUT2D eigenvalue weighted by molar-refractivity contribution is -0.138. The molecule has 1 fully saturated rings. The van der Waals surface area contributed by atoms with Crippen LogP contribution < -0.4 is 15.8 Å². The maximum absolute atomic E-state index is 14.3. The van der Waals surface area contributed by atoms with Crippen LogP contribution in [0.5, 0.6) is 11.5 Å². The summed E-state index contributed by atoms with van der Waals surface area (Å²) in [5.74, 6) is -7.25. The summed E-state index contributed by atoms with van der Waals surface area (Å²) in [5.41, 5.74) is 3.10. The third-order valence-electron chi connectivity index (χ3n) is 6.33. The Labute approximate surface area is 218 Å². The molecule has 4 rings (SSSR count).